The van der Waals surface area contributed by atoms with Gasteiger partial charge in [0.1, 0.15) is 12.4 Å². The smallest absolute Gasteiger partial charge is 0.119 e. The molecular weight excluding hydrogens is 228 g/mol. The minimum Gasteiger partial charge on any atom is -0.489 e. The molecule has 4 heteroatoms. The van der Waals surface area contributed by atoms with E-state index in [4.69, 9.17) is 4.74 Å². The minimum absolute atomic E-state index is 0.443. The quantitative estimate of drug-likeness (QED) is 0.882. The number of rotatable bonds is 5. The maximum Gasteiger partial charge on any atom is 0.119 e. The molecule has 4 nitrogen and oxygen atoms in total. The Balaban J connectivity index is 1.93. The molecule has 0 amide bonds. The van der Waals surface area contributed by atoms with Gasteiger partial charge >= 0.3 is 0 Å². The lowest BCUT2D eigenvalue weighted by molar-refractivity contribution is 0.199. The molecule has 0 aliphatic heterocycles. The summed E-state index contributed by atoms with van der Waals surface area (Å²) in [6, 6.07) is 7.48. The lowest BCUT2D eigenvalue weighted by Gasteiger charge is -2.07. The molecule has 2 aromatic rings. The van der Waals surface area contributed by atoms with Crippen molar-refractivity contribution >= 4 is 0 Å². The maximum atomic E-state index is 9.40. The van der Waals surface area contributed by atoms with Crippen molar-refractivity contribution in [3.8, 4) is 5.75 Å². The normalized spacial score (nSPS) is 12.4. The Kier molecular flexibility index (Phi) is 3.99. The molecule has 0 spiro atoms. The Bertz CT molecular complexity index is 489. The summed E-state index contributed by atoms with van der Waals surface area (Å²) in [7, 11) is 0. The average Bonchev–Trinajstić information content (AvgIpc) is 2.85. The van der Waals surface area contributed by atoms with E-state index in [-0.39, 0.29) is 0 Å². The largest absolute Gasteiger partial charge is 0.489 e. The first kappa shape index (κ1) is 12.6. The van der Waals surface area contributed by atoms with Crippen LogP contribution in [0.5, 0.6) is 5.75 Å². The number of benzene rings is 1. The van der Waals surface area contributed by atoms with E-state index in [1.54, 1.807) is 6.92 Å². The topological polar surface area (TPSA) is 47.3 Å². The SMILES string of the molecule is CCn1cc(COc2ccc([C@H](C)O)cc2)cn1. The first-order valence-electron chi connectivity index (χ1n) is 6.11. The number of aromatic nitrogens is 2. The van der Waals surface area contributed by atoms with E-state index in [9.17, 15) is 5.11 Å². The van der Waals surface area contributed by atoms with Crippen LogP contribution in [-0.4, -0.2) is 14.9 Å². The number of hydrogen-bond donors (Lipinski definition) is 1. The fourth-order valence-electron chi connectivity index (χ4n) is 1.66. The van der Waals surface area contributed by atoms with Gasteiger partial charge in [0.2, 0.25) is 0 Å². The van der Waals surface area contributed by atoms with Gasteiger partial charge in [0.05, 0.1) is 12.3 Å². The third-order valence-corrected chi connectivity index (χ3v) is 2.78. The Hall–Kier alpha value is -1.81. The molecule has 0 unspecified atom stereocenters. The highest BCUT2D eigenvalue weighted by Gasteiger charge is 2.02. The molecule has 0 aliphatic rings. The van der Waals surface area contributed by atoms with Gasteiger partial charge in [-0.05, 0) is 31.5 Å². The molecule has 0 fully saturated rings. The summed E-state index contributed by atoms with van der Waals surface area (Å²) in [5.74, 6) is 0.795. The first-order chi connectivity index (χ1) is 8.69. The molecule has 1 atom stereocenters. The lowest BCUT2D eigenvalue weighted by atomic mass is 10.1. The van der Waals surface area contributed by atoms with E-state index in [2.05, 4.69) is 5.10 Å². The fraction of sp³-hybridized carbons (Fsp3) is 0.357. The van der Waals surface area contributed by atoms with Gasteiger partial charge in [-0.2, -0.15) is 5.10 Å². The van der Waals surface area contributed by atoms with Gasteiger partial charge in [-0.25, -0.2) is 0 Å². The summed E-state index contributed by atoms with van der Waals surface area (Å²) in [6.45, 7) is 5.17. The predicted octanol–water partition coefficient (Wildman–Crippen LogP) is 2.54. The second-order valence-electron chi connectivity index (χ2n) is 4.24. The van der Waals surface area contributed by atoms with Gasteiger partial charge in [-0.3, -0.25) is 4.68 Å². The summed E-state index contributed by atoms with van der Waals surface area (Å²) < 4.78 is 7.52. The van der Waals surface area contributed by atoms with Crippen LogP contribution in [0.2, 0.25) is 0 Å². The van der Waals surface area contributed by atoms with E-state index < -0.39 is 6.10 Å². The number of nitrogens with zero attached hydrogens (tertiary/aromatic N) is 2. The van der Waals surface area contributed by atoms with Crippen molar-refractivity contribution in [3.05, 3.63) is 47.8 Å². The third kappa shape index (κ3) is 3.11. The van der Waals surface area contributed by atoms with E-state index in [0.29, 0.717) is 6.61 Å². The Labute approximate surface area is 107 Å². The molecule has 0 saturated carbocycles. The molecule has 96 valence electrons. The summed E-state index contributed by atoms with van der Waals surface area (Å²) >= 11 is 0. The van der Waals surface area contributed by atoms with Crippen molar-refractivity contribution in [2.24, 2.45) is 0 Å². The van der Waals surface area contributed by atoms with Crippen LogP contribution in [0.25, 0.3) is 0 Å². The summed E-state index contributed by atoms with van der Waals surface area (Å²) in [6.07, 6.45) is 3.35. The summed E-state index contributed by atoms with van der Waals surface area (Å²) in [5.41, 5.74) is 1.94. The number of aryl methyl sites for hydroxylation is 1. The van der Waals surface area contributed by atoms with Crippen LogP contribution in [-0.2, 0) is 13.2 Å². The highest BCUT2D eigenvalue weighted by molar-refractivity contribution is 5.28. The zero-order chi connectivity index (χ0) is 13.0. The molecule has 1 heterocycles. The Morgan fingerprint density at radius 3 is 2.61 bits per heavy atom. The molecule has 1 N–H and O–H groups in total. The second kappa shape index (κ2) is 5.69. The van der Waals surface area contributed by atoms with Crippen molar-refractivity contribution < 1.29 is 9.84 Å². The monoisotopic (exact) mass is 246 g/mol. The van der Waals surface area contributed by atoms with Crippen LogP contribution in [0, 0.1) is 0 Å². The predicted molar refractivity (Wildman–Crippen MR) is 69.3 cm³/mol. The minimum atomic E-state index is -0.443. The van der Waals surface area contributed by atoms with Crippen molar-refractivity contribution in [3.63, 3.8) is 0 Å². The van der Waals surface area contributed by atoms with Crippen LogP contribution in [0.4, 0.5) is 0 Å². The van der Waals surface area contributed by atoms with Crippen LogP contribution in [0.3, 0.4) is 0 Å². The maximum absolute atomic E-state index is 9.40. The van der Waals surface area contributed by atoms with Crippen molar-refractivity contribution in [2.45, 2.75) is 33.1 Å². The standard InChI is InChI=1S/C14H18N2O2/c1-3-16-9-12(8-15-16)10-18-14-6-4-13(5-7-14)11(2)17/h4-9,11,17H,3,10H2,1-2H3/t11-/m0/s1. The zero-order valence-corrected chi connectivity index (χ0v) is 10.7. The molecule has 0 aliphatic carbocycles. The van der Waals surface area contributed by atoms with Crippen LogP contribution >= 0.6 is 0 Å². The van der Waals surface area contributed by atoms with Gasteiger partial charge in [0.25, 0.3) is 0 Å². The fourth-order valence-corrected chi connectivity index (χ4v) is 1.66. The number of aliphatic hydroxyl groups is 1. The number of hydrogen-bond acceptors (Lipinski definition) is 3. The van der Waals surface area contributed by atoms with Crippen LogP contribution < -0.4 is 4.74 Å². The van der Waals surface area contributed by atoms with E-state index >= 15 is 0 Å². The highest BCUT2D eigenvalue weighted by Crippen LogP contribution is 2.18. The van der Waals surface area contributed by atoms with Crippen LogP contribution in [0.15, 0.2) is 36.7 Å². The molecule has 0 saturated heterocycles. The Morgan fingerprint density at radius 2 is 2.06 bits per heavy atom. The lowest BCUT2D eigenvalue weighted by Crippen LogP contribution is -1.96. The van der Waals surface area contributed by atoms with Gasteiger partial charge in [-0.1, -0.05) is 12.1 Å². The zero-order valence-electron chi connectivity index (χ0n) is 10.7. The van der Waals surface area contributed by atoms with Gasteiger partial charge < -0.3 is 9.84 Å². The Morgan fingerprint density at radius 1 is 1.33 bits per heavy atom. The molecule has 1 aromatic carbocycles. The van der Waals surface area contributed by atoms with Gasteiger partial charge in [0, 0.05) is 18.3 Å². The van der Waals surface area contributed by atoms with E-state index in [0.717, 1.165) is 23.4 Å². The molecule has 1 aromatic heterocycles. The third-order valence-electron chi connectivity index (χ3n) is 2.78. The van der Waals surface area contributed by atoms with Crippen molar-refractivity contribution in [1.29, 1.82) is 0 Å². The first-order valence-corrected chi connectivity index (χ1v) is 6.11. The summed E-state index contributed by atoms with van der Waals surface area (Å²) in [5, 5.41) is 13.6. The number of ether oxygens (including phenoxy) is 1. The van der Waals surface area contributed by atoms with Crippen LogP contribution in [0.1, 0.15) is 31.1 Å². The molecular formula is C14H18N2O2. The molecule has 18 heavy (non-hydrogen) atoms. The second-order valence-corrected chi connectivity index (χ2v) is 4.24. The number of aliphatic hydroxyl groups excluding tert-OH is 1. The molecule has 0 bridgehead atoms. The summed E-state index contributed by atoms with van der Waals surface area (Å²) in [4.78, 5) is 0. The molecule has 2 rings (SSSR count). The van der Waals surface area contributed by atoms with E-state index in [1.807, 2.05) is 48.3 Å². The average molecular weight is 246 g/mol. The van der Waals surface area contributed by atoms with Crippen molar-refractivity contribution in [2.75, 3.05) is 0 Å². The van der Waals surface area contributed by atoms with E-state index in [1.165, 1.54) is 0 Å². The van der Waals surface area contributed by atoms with Gasteiger partial charge in [0.15, 0.2) is 0 Å². The highest BCUT2D eigenvalue weighted by atomic mass is 16.5. The van der Waals surface area contributed by atoms with Gasteiger partial charge in [-0.15, -0.1) is 0 Å². The molecule has 0 radical (unpaired) electrons. The van der Waals surface area contributed by atoms with Crippen molar-refractivity contribution in [1.82, 2.24) is 9.78 Å².